The molecule has 2 heteroatoms. The molecule has 1 N–H and O–H groups in total. The minimum atomic E-state index is 0.675. The van der Waals surface area contributed by atoms with E-state index in [0.717, 1.165) is 19.8 Å². The van der Waals surface area contributed by atoms with Crippen molar-refractivity contribution >= 4 is 0 Å². The van der Waals surface area contributed by atoms with Crippen LogP contribution in [0.4, 0.5) is 0 Å². The van der Waals surface area contributed by atoms with Gasteiger partial charge in [0.1, 0.15) is 0 Å². The van der Waals surface area contributed by atoms with E-state index in [9.17, 15) is 0 Å². The van der Waals surface area contributed by atoms with E-state index in [1.807, 2.05) is 0 Å². The Balaban J connectivity index is 3.04. The number of nitrogens with one attached hydrogen (secondary N) is 1. The van der Waals surface area contributed by atoms with Gasteiger partial charge in [-0.15, -0.1) is 0 Å². The molecule has 0 aliphatic rings. The fourth-order valence-electron chi connectivity index (χ4n) is 1.47. The first-order chi connectivity index (χ1) is 6.85. The molecule has 0 atom stereocenters. The summed E-state index contributed by atoms with van der Waals surface area (Å²) in [6.07, 6.45) is 6.20. The fraction of sp³-hybridized carbons (Fsp3) is 1.00. The van der Waals surface area contributed by atoms with E-state index in [1.54, 1.807) is 0 Å². The third kappa shape index (κ3) is 8.52. The Labute approximate surface area is 89.4 Å². The van der Waals surface area contributed by atoms with Crippen LogP contribution < -0.4 is 5.32 Å². The molecule has 2 nitrogen and oxygen atoms in total. The lowest BCUT2D eigenvalue weighted by Gasteiger charge is -2.14. The van der Waals surface area contributed by atoms with Crippen LogP contribution in [-0.2, 0) is 4.74 Å². The lowest BCUT2D eigenvalue weighted by Crippen LogP contribution is -2.30. The van der Waals surface area contributed by atoms with Crippen molar-refractivity contribution in [1.82, 2.24) is 5.32 Å². The molecule has 0 spiro atoms. The van der Waals surface area contributed by atoms with Gasteiger partial charge in [-0.1, -0.05) is 33.6 Å². The van der Waals surface area contributed by atoms with E-state index in [4.69, 9.17) is 4.74 Å². The maximum absolute atomic E-state index is 5.51. The summed E-state index contributed by atoms with van der Waals surface area (Å²) in [5, 5.41) is 3.48. The van der Waals surface area contributed by atoms with Crippen molar-refractivity contribution in [3.05, 3.63) is 0 Å². The third-order valence-electron chi connectivity index (χ3n) is 2.56. The molecule has 0 fully saturated rings. The highest BCUT2D eigenvalue weighted by molar-refractivity contribution is 4.61. The van der Waals surface area contributed by atoms with Gasteiger partial charge in [-0.2, -0.15) is 0 Å². The Morgan fingerprint density at radius 1 is 1.00 bits per heavy atom. The van der Waals surface area contributed by atoms with Crippen molar-refractivity contribution in [2.45, 2.75) is 58.9 Å². The zero-order valence-electron chi connectivity index (χ0n) is 10.1. The van der Waals surface area contributed by atoms with Crippen LogP contribution in [0.1, 0.15) is 52.9 Å². The van der Waals surface area contributed by atoms with Gasteiger partial charge in [0, 0.05) is 19.2 Å². The van der Waals surface area contributed by atoms with E-state index in [-0.39, 0.29) is 0 Å². The van der Waals surface area contributed by atoms with Crippen molar-refractivity contribution < 1.29 is 4.74 Å². The number of hydrogen-bond acceptors (Lipinski definition) is 2. The topological polar surface area (TPSA) is 21.3 Å². The molecule has 0 unspecified atom stereocenters. The molecule has 0 aliphatic carbocycles. The van der Waals surface area contributed by atoms with Gasteiger partial charge in [-0.05, 0) is 19.3 Å². The van der Waals surface area contributed by atoms with Crippen molar-refractivity contribution in [1.29, 1.82) is 0 Å². The quantitative estimate of drug-likeness (QED) is 0.549. The Morgan fingerprint density at radius 3 is 2.29 bits per heavy atom. The first-order valence-electron chi connectivity index (χ1n) is 6.16. The fourth-order valence-corrected chi connectivity index (χ4v) is 1.47. The molecule has 0 aromatic rings. The Bertz CT molecular complexity index is 102. The van der Waals surface area contributed by atoms with Crippen LogP contribution in [0, 0.1) is 0 Å². The summed E-state index contributed by atoms with van der Waals surface area (Å²) in [4.78, 5) is 0. The average molecular weight is 201 g/mol. The standard InChI is InChI=1S/C12H27NO/c1-4-7-8-10-14-11-9-13-12(5-2)6-3/h12-13H,4-11H2,1-3H3. The molecule has 0 aromatic heterocycles. The summed E-state index contributed by atoms with van der Waals surface area (Å²) in [5.41, 5.74) is 0. The molecule has 14 heavy (non-hydrogen) atoms. The number of unbranched alkanes of at least 4 members (excludes halogenated alkanes) is 2. The van der Waals surface area contributed by atoms with Gasteiger partial charge in [-0.25, -0.2) is 0 Å². The summed E-state index contributed by atoms with van der Waals surface area (Å²) in [6, 6.07) is 0.675. The van der Waals surface area contributed by atoms with Gasteiger partial charge in [-0.3, -0.25) is 0 Å². The van der Waals surface area contributed by atoms with Crippen LogP contribution in [0.3, 0.4) is 0 Å². The largest absolute Gasteiger partial charge is 0.380 e. The third-order valence-corrected chi connectivity index (χ3v) is 2.56. The number of hydrogen-bond donors (Lipinski definition) is 1. The predicted molar refractivity (Wildman–Crippen MR) is 62.7 cm³/mol. The lowest BCUT2D eigenvalue weighted by atomic mass is 10.2. The van der Waals surface area contributed by atoms with E-state index in [0.29, 0.717) is 6.04 Å². The van der Waals surface area contributed by atoms with Gasteiger partial charge in [0.2, 0.25) is 0 Å². The average Bonchev–Trinajstić information content (AvgIpc) is 2.22. The van der Waals surface area contributed by atoms with Crippen LogP contribution in [-0.4, -0.2) is 25.8 Å². The maximum atomic E-state index is 5.51. The summed E-state index contributed by atoms with van der Waals surface area (Å²) in [5.74, 6) is 0. The van der Waals surface area contributed by atoms with E-state index in [2.05, 4.69) is 26.1 Å². The SMILES string of the molecule is CCCCCOCCNC(CC)CC. The molecule has 0 saturated heterocycles. The van der Waals surface area contributed by atoms with E-state index >= 15 is 0 Å². The highest BCUT2D eigenvalue weighted by Gasteiger charge is 2.00. The summed E-state index contributed by atoms with van der Waals surface area (Å²) >= 11 is 0. The number of ether oxygens (including phenoxy) is 1. The molecule has 0 rings (SSSR count). The molecular weight excluding hydrogens is 174 g/mol. The Kier molecular flexibility index (Phi) is 10.9. The van der Waals surface area contributed by atoms with Crippen molar-refractivity contribution in [2.24, 2.45) is 0 Å². The normalized spacial score (nSPS) is 11.1. The monoisotopic (exact) mass is 201 g/mol. The Hall–Kier alpha value is -0.0800. The molecule has 0 bridgehead atoms. The molecule has 0 aliphatic heterocycles. The van der Waals surface area contributed by atoms with Crippen molar-refractivity contribution in [3.63, 3.8) is 0 Å². The molecule has 86 valence electrons. The van der Waals surface area contributed by atoms with Gasteiger partial charge >= 0.3 is 0 Å². The molecule has 0 radical (unpaired) electrons. The molecule has 0 saturated carbocycles. The van der Waals surface area contributed by atoms with Gasteiger partial charge in [0.15, 0.2) is 0 Å². The zero-order valence-corrected chi connectivity index (χ0v) is 10.1. The second-order valence-electron chi connectivity index (χ2n) is 3.79. The van der Waals surface area contributed by atoms with Gasteiger partial charge < -0.3 is 10.1 Å². The van der Waals surface area contributed by atoms with Gasteiger partial charge in [0.25, 0.3) is 0 Å². The summed E-state index contributed by atoms with van der Waals surface area (Å²) in [7, 11) is 0. The zero-order chi connectivity index (χ0) is 10.6. The number of rotatable bonds is 10. The van der Waals surface area contributed by atoms with Crippen LogP contribution >= 0.6 is 0 Å². The highest BCUT2D eigenvalue weighted by atomic mass is 16.5. The second-order valence-corrected chi connectivity index (χ2v) is 3.79. The summed E-state index contributed by atoms with van der Waals surface area (Å²) in [6.45, 7) is 9.46. The van der Waals surface area contributed by atoms with Crippen LogP contribution in [0.5, 0.6) is 0 Å². The smallest absolute Gasteiger partial charge is 0.0590 e. The van der Waals surface area contributed by atoms with Crippen LogP contribution in [0.15, 0.2) is 0 Å². The maximum Gasteiger partial charge on any atom is 0.0590 e. The first-order valence-corrected chi connectivity index (χ1v) is 6.16. The lowest BCUT2D eigenvalue weighted by molar-refractivity contribution is 0.129. The minimum absolute atomic E-state index is 0.675. The van der Waals surface area contributed by atoms with Gasteiger partial charge in [0.05, 0.1) is 6.61 Å². The van der Waals surface area contributed by atoms with E-state index in [1.165, 1.54) is 32.1 Å². The minimum Gasteiger partial charge on any atom is -0.380 e. The molecular formula is C12H27NO. The second kappa shape index (κ2) is 11.0. The first kappa shape index (κ1) is 13.9. The van der Waals surface area contributed by atoms with Crippen molar-refractivity contribution in [2.75, 3.05) is 19.8 Å². The van der Waals surface area contributed by atoms with Crippen LogP contribution in [0.25, 0.3) is 0 Å². The highest BCUT2D eigenvalue weighted by Crippen LogP contribution is 1.96. The van der Waals surface area contributed by atoms with Crippen LogP contribution in [0.2, 0.25) is 0 Å². The molecule has 0 heterocycles. The van der Waals surface area contributed by atoms with Crippen molar-refractivity contribution in [3.8, 4) is 0 Å². The molecule has 0 aromatic carbocycles. The molecule has 0 amide bonds. The Morgan fingerprint density at radius 2 is 1.71 bits per heavy atom. The predicted octanol–water partition coefficient (Wildman–Crippen LogP) is 2.97. The summed E-state index contributed by atoms with van der Waals surface area (Å²) < 4.78 is 5.51. The van der Waals surface area contributed by atoms with E-state index < -0.39 is 0 Å².